The summed E-state index contributed by atoms with van der Waals surface area (Å²) in [5, 5.41) is 0.629. The number of benzene rings is 2. The maximum Gasteiger partial charge on any atom is 0.268 e. The first kappa shape index (κ1) is 20.4. The number of nitrogens with zero attached hydrogens (tertiary/aromatic N) is 1. The maximum absolute atomic E-state index is 13.4. The molecule has 0 radical (unpaired) electrons. The quantitative estimate of drug-likeness (QED) is 0.465. The van der Waals surface area contributed by atoms with Gasteiger partial charge in [0.2, 0.25) is 0 Å². The van der Waals surface area contributed by atoms with Crippen molar-refractivity contribution in [3.05, 3.63) is 99.6 Å². The van der Waals surface area contributed by atoms with Crippen LogP contribution in [0.25, 0.3) is 5.57 Å². The van der Waals surface area contributed by atoms with Crippen LogP contribution in [-0.4, -0.2) is 23.3 Å². The number of thioether (sulfide) groups is 1. The molecule has 0 bridgehead atoms. The van der Waals surface area contributed by atoms with Crippen molar-refractivity contribution in [1.82, 2.24) is 4.90 Å². The summed E-state index contributed by atoms with van der Waals surface area (Å²) in [6, 6.07) is 16.5. The molecule has 1 aliphatic rings. The van der Waals surface area contributed by atoms with Gasteiger partial charge in [0.1, 0.15) is 11.6 Å². The Hall–Kier alpha value is -2.83. The van der Waals surface area contributed by atoms with Crippen molar-refractivity contribution in [2.24, 2.45) is 0 Å². The van der Waals surface area contributed by atoms with E-state index in [0.717, 1.165) is 5.56 Å². The second-order valence-electron chi connectivity index (χ2n) is 6.72. The van der Waals surface area contributed by atoms with Crippen LogP contribution in [0, 0.1) is 5.82 Å². The number of halogens is 2. The van der Waals surface area contributed by atoms with E-state index in [2.05, 4.69) is 0 Å². The lowest BCUT2D eigenvalue weighted by molar-refractivity contribution is -0.136. The highest BCUT2D eigenvalue weighted by atomic mass is 35.5. The number of hydrogen-bond donors (Lipinski definition) is 0. The molecule has 0 saturated heterocycles. The van der Waals surface area contributed by atoms with Gasteiger partial charge >= 0.3 is 0 Å². The third kappa shape index (κ3) is 4.35. The van der Waals surface area contributed by atoms with Crippen LogP contribution < -0.4 is 0 Å². The molecular formula is C23H17ClFNO3S. The van der Waals surface area contributed by atoms with E-state index in [0.29, 0.717) is 39.0 Å². The Balaban J connectivity index is 1.59. The normalized spacial score (nSPS) is 14.1. The van der Waals surface area contributed by atoms with Crippen LogP contribution in [0.15, 0.2) is 76.2 Å². The first-order chi connectivity index (χ1) is 14.5. The van der Waals surface area contributed by atoms with Crippen molar-refractivity contribution >= 4 is 40.8 Å². The number of carbonyl (C=O) groups is 2. The third-order valence-corrected chi connectivity index (χ3v) is 6.08. The lowest BCUT2D eigenvalue weighted by Crippen LogP contribution is -2.33. The molecule has 0 unspecified atom stereocenters. The number of amides is 2. The molecule has 0 saturated carbocycles. The largest absolute Gasteiger partial charge is 0.468 e. The number of carbonyl (C=O) groups excluding carboxylic acids is 2. The van der Waals surface area contributed by atoms with Crippen LogP contribution in [0.2, 0.25) is 5.02 Å². The summed E-state index contributed by atoms with van der Waals surface area (Å²) < 4.78 is 18.7. The van der Waals surface area contributed by atoms with Crippen LogP contribution in [0.4, 0.5) is 4.39 Å². The van der Waals surface area contributed by atoms with Gasteiger partial charge in [-0.2, -0.15) is 0 Å². The number of imide groups is 1. The van der Waals surface area contributed by atoms with E-state index < -0.39 is 5.82 Å². The van der Waals surface area contributed by atoms with E-state index in [4.69, 9.17) is 16.0 Å². The average molecular weight is 442 g/mol. The van der Waals surface area contributed by atoms with Gasteiger partial charge in [0.15, 0.2) is 0 Å². The highest BCUT2D eigenvalue weighted by Gasteiger charge is 2.38. The van der Waals surface area contributed by atoms with E-state index in [9.17, 15) is 14.0 Å². The monoisotopic (exact) mass is 441 g/mol. The molecule has 152 valence electrons. The molecule has 0 aliphatic carbocycles. The fourth-order valence-corrected chi connectivity index (χ4v) is 4.35. The van der Waals surface area contributed by atoms with Gasteiger partial charge < -0.3 is 4.42 Å². The van der Waals surface area contributed by atoms with E-state index in [1.807, 2.05) is 18.2 Å². The number of rotatable bonds is 7. The highest BCUT2D eigenvalue weighted by Crippen LogP contribution is 2.37. The Bertz CT molecular complexity index is 1090. The van der Waals surface area contributed by atoms with Gasteiger partial charge in [-0.15, -0.1) is 11.8 Å². The van der Waals surface area contributed by atoms with Crippen molar-refractivity contribution in [3.63, 3.8) is 0 Å². The van der Waals surface area contributed by atoms with Gasteiger partial charge in [0, 0.05) is 11.6 Å². The molecule has 0 atom stereocenters. The molecule has 2 amide bonds. The highest BCUT2D eigenvalue weighted by molar-refractivity contribution is 8.03. The standard InChI is InChI=1S/C23H17ClFNO3S/c24-17-7-3-15(4-8-17)11-12-26-22(27)20(16-5-9-18(25)10-6-16)21(23(26)28)30-14-19-2-1-13-29-19/h1-10,13H,11-12,14H2. The topological polar surface area (TPSA) is 50.5 Å². The Morgan fingerprint density at radius 2 is 1.70 bits per heavy atom. The molecule has 2 heterocycles. The van der Waals surface area contributed by atoms with Crippen molar-refractivity contribution in [1.29, 1.82) is 0 Å². The zero-order valence-electron chi connectivity index (χ0n) is 15.8. The Morgan fingerprint density at radius 3 is 2.37 bits per heavy atom. The minimum absolute atomic E-state index is 0.245. The molecule has 0 fully saturated rings. The summed E-state index contributed by atoms with van der Waals surface area (Å²) in [6.07, 6.45) is 2.08. The van der Waals surface area contributed by atoms with Crippen molar-refractivity contribution < 1.29 is 18.4 Å². The fourth-order valence-electron chi connectivity index (χ4n) is 3.19. The summed E-state index contributed by atoms with van der Waals surface area (Å²) in [5.41, 5.74) is 1.79. The number of furan rings is 1. The summed E-state index contributed by atoms with van der Waals surface area (Å²) in [4.78, 5) is 27.8. The van der Waals surface area contributed by atoms with E-state index in [1.165, 1.54) is 40.9 Å². The van der Waals surface area contributed by atoms with Gasteiger partial charge in [0.25, 0.3) is 11.8 Å². The molecule has 0 N–H and O–H groups in total. The molecule has 3 aromatic rings. The summed E-state index contributed by atoms with van der Waals surface area (Å²) >= 11 is 7.17. The molecule has 1 aliphatic heterocycles. The molecule has 30 heavy (non-hydrogen) atoms. The molecule has 4 rings (SSSR count). The molecule has 0 spiro atoms. The third-order valence-electron chi connectivity index (χ3n) is 4.73. The van der Waals surface area contributed by atoms with Gasteiger partial charge in [-0.05, 0) is 53.9 Å². The Morgan fingerprint density at radius 1 is 0.967 bits per heavy atom. The summed E-state index contributed by atoms with van der Waals surface area (Å²) in [6.45, 7) is 0.245. The minimum Gasteiger partial charge on any atom is -0.468 e. The van der Waals surface area contributed by atoms with Crippen molar-refractivity contribution in [3.8, 4) is 0 Å². The van der Waals surface area contributed by atoms with Gasteiger partial charge in [-0.1, -0.05) is 35.9 Å². The second kappa shape index (κ2) is 8.90. The van der Waals surface area contributed by atoms with Gasteiger partial charge in [-0.25, -0.2) is 4.39 Å². The molecule has 7 heteroatoms. The van der Waals surface area contributed by atoms with Crippen molar-refractivity contribution in [2.45, 2.75) is 12.2 Å². The molecule has 2 aromatic carbocycles. The van der Waals surface area contributed by atoms with E-state index in [-0.39, 0.29) is 18.4 Å². The Labute approximate surface area is 182 Å². The predicted octanol–water partition coefficient (Wildman–Crippen LogP) is 5.33. The zero-order chi connectivity index (χ0) is 21.1. The Kier molecular flexibility index (Phi) is 6.06. The second-order valence-corrected chi connectivity index (χ2v) is 8.14. The van der Waals surface area contributed by atoms with Gasteiger partial charge in [0.05, 0.1) is 22.5 Å². The summed E-state index contributed by atoms with van der Waals surface area (Å²) in [5.74, 6) is -0.00412. The first-order valence-electron chi connectivity index (χ1n) is 9.29. The van der Waals surface area contributed by atoms with Crippen molar-refractivity contribution in [2.75, 3.05) is 6.54 Å². The lowest BCUT2D eigenvalue weighted by atomic mass is 10.1. The smallest absolute Gasteiger partial charge is 0.268 e. The van der Waals surface area contributed by atoms with E-state index in [1.54, 1.807) is 24.5 Å². The predicted molar refractivity (Wildman–Crippen MR) is 115 cm³/mol. The average Bonchev–Trinajstić information content (AvgIpc) is 3.34. The van der Waals surface area contributed by atoms with Crippen LogP contribution in [-0.2, 0) is 21.8 Å². The summed E-state index contributed by atoms with van der Waals surface area (Å²) in [7, 11) is 0. The first-order valence-corrected chi connectivity index (χ1v) is 10.7. The van der Waals surface area contributed by atoms with Crippen LogP contribution in [0.3, 0.4) is 0 Å². The van der Waals surface area contributed by atoms with Crippen LogP contribution in [0.5, 0.6) is 0 Å². The number of hydrogen-bond acceptors (Lipinski definition) is 4. The maximum atomic E-state index is 13.4. The molecule has 1 aromatic heterocycles. The van der Waals surface area contributed by atoms with Crippen LogP contribution >= 0.6 is 23.4 Å². The SMILES string of the molecule is O=C1C(SCc2ccco2)=C(c2ccc(F)cc2)C(=O)N1CCc1ccc(Cl)cc1. The lowest BCUT2D eigenvalue weighted by Gasteiger charge is -2.15. The minimum atomic E-state index is -0.402. The zero-order valence-corrected chi connectivity index (χ0v) is 17.4. The molecular weight excluding hydrogens is 425 g/mol. The van der Waals surface area contributed by atoms with E-state index >= 15 is 0 Å². The molecule has 4 nitrogen and oxygen atoms in total. The fraction of sp³-hybridized carbons (Fsp3) is 0.130. The van der Waals surface area contributed by atoms with Gasteiger partial charge in [-0.3, -0.25) is 14.5 Å². The van der Waals surface area contributed by atoms with Crippen LogP contribution in [0.1, 0.15) is 16.9 Å².